The summed E-state index contributed by atoms with van der Waals surface area (Å²) in [6.45, 7) is -0.297. The first kappa shape index (κ1) is 16.2. The highest BCUT2D eigenvalue weighted by Gasteiger charge is 2.10. The highest BCUT2D eigenvalue weighted by atomic mass is 127. The molecule has 0 saturated carbocycles. The van der Waals surface area contributed by atoms with Crippen molar-refractivity contribution in [1.29, 1.82) is 0 Å². The van der Waals surface area contributed by atoms with Crippen molar-refractivity contribution in [3.05, 3.63) is 63.2 Å². The number of hydrogen-bond donors (Lipinski definition) is 1. The van der Waals surface area contributed by atoms with E-state index < -0.39 is 6.61 Å². The van der Waals surface area contributed by atoms with E-state index in [-0.39, 0.29) is 11.8 Å². The first-order valence-corrected chi connectivity index (χ1v) is 7.65. The van der Waals surface area contributed by atoms with E-state index in [0.29, 0.717) is 6.54 Å². The molecule has 1 N–H and O–H groups in total. The first-order valence-electron chi connectivity index (χ1n) is 6.58. The van der Waals surface area contributed by atoms with Gasteiger partial charge in [-0.1, -0.05) is 30.3 Å². The summed E-state index contributed by atoms with van der Waals surface area (Å²) >= 11 is 2.26. The maximum atomic E-state index is 12.4. The highest BCUT2D eigenvalue weighted by molar-refractivity contribution is 14.1. The van der Waals surface area contributed by atoms with Crippen LogP contribution >= 0.6 is 22.6 Å². The molecule has 2 aromatic rings. The second kappa shape index (κ2) is 7.70. The van der Waals surface area contributed by atoms with Gasteiger partial charge < -0.3 is 10.1 Å². The van der Waals surface area contributed by atoms with Gasteiger partial charge in [0.1, 0.15) is 5.75 Å². The SMILES string of the molecule is CC(NCc1ccccc1OC(F)F)c1ccc(I)cc1. The van der Waals surface area contributed by atoms with Crippen LogP contribution in [-0.2, 0) is 6.54 Å². The molecule has 0 heterocycles. The molecular weight excluding hydrogens is 387 g/mol. The summed E-state index contributed by atoms with van der Waals surface area (Å²) in [6, 6.07) is 15.2. The van der Waals surface area contributed by atoms with Gasteiger partial charge in [-0.05, 0) is 53.3 Å². The number of para-hydroxylation sites is 1. The maximum Gasteiger partial charge on any atom is 0.387 e. The molecule has 112 valence electrons. The van der Waals surface area contributed by atoms with Crippen molar-refractivity contribution in [2.24, 2.45) is 0 Å². The lowest BCUT2D eigenvalue weighted by Gasteiger charge is -2.16. The molecule has 0 aliphatic rings. The van der Waals surface area contributed by atoms with Crippen molar-refractivity contribution in [2.45, 2.75) is 26.1 Å². The van der Waals surface area contributed by atoms with Gasteiger partial charge in [0.05, 0.1) is 0 Å². The average Bonchev–Trinajstić information content (AvgIpc) is 2.46. The Morgan fingerprint density at radius 1 is 1.10 bits per heavy atom. The van der Waals surface area contributed by atoms with Gasteiger partial charge in [0.2, 0.25) is 0 Å². The molecule has 0 radical (unpaired) electrons. The first-order chi connectivity index (χ1) is 10.1. The predicted molar refractivity (Wildman–Crippen MR) is 87.5 cm³/mol. The van der Waals surface area contributed by atoms with E-state index in [1.165, 1.54) is 3.57 Å². The fourth-order valence-corrected chi connectivity index (χ4v) is 2.35. The Bertz CT molecular complexity index is 575. The van der Waals surface area contributed by atoms with Gasteiger partial charge in [-0.15, -0.1) is 0 Å². The summed E-state index contributed by atoms with van der Waals surface area (Å²) in [5, 5.41) is 3.32. The molecule has 0 aliphatic carbocycles. The van der Waals surface area contributed by atoms with Crippen LogP contribution < -0.4 is 10.1 Å². The third kappa shape index (κ3) is 4.93. The summed E-state index contributed by atoms with van der Waals surface area (Å²) in [5.41, 5.74) is 1.87. The predicted octanol–water partition coefficient (Wildman–Crippen LogP) is 4.74. The maximum absolute atomic E-state index is 12.4. The summed E-state index contributed by atoms with van der Waals surface area (Å²) in [5.74, 6) is 0.217. The third-order valence-corrected chi connectivity index (χ3v) is 3.88. The van der Waals surface area contributed by atoms with Gasteiger partial charge in [0.15, 0.2) is 0 Å². The average molecular weight is 403 g/mol. The number of halogens is 3. The van der Waals surface area contributed by atoms with Crippen LogP contribution in [0.1, 0.15) is 24.1 Å². The molecule has 2 nitrogen and oxygen atoms in total. The smallest absolute Gasteiger partial charge is 0.387 e. The van der Waals surface area contributed by atoms with Crippen molar-refractivity contribution in [3.63, 3.8) is 0 Å². The quantitative estimate of drug-likeness (QED) is 0.704. The van der Waals surface area contributed by atoms with Crippen LogP contribution in [0.25, 0.3) is 0 Å². The van der Waals surface area contributed by atoms with Crippen LogP contribution in [0.4, 0.5) is 8.78 Å². The molecule has 0 aliphatic heterocycles. The van der Waals surface area contributed by atoms with Crippen molar-refractivity contribution < 1.29 is 13.5 Å². The van der Waals surface area contributed by atoms with E-state index in [2.05, 4.69) is 44.8 Å². The highest BCUT2D eigenvalue weighted by Crippen LogP contribution is 2.21. The second-order valence-corrected chi connectivity index (χ2v) is 5.89. The number of nitrogens with one attached hydrogen (secondary N) is 1. The lowest BCUT2D eigenvalue weighted by Crippen LogP contribution is -2.19. The molecule has 2 aromatic carbocycles. The van der Waals surface area contributed by atoms with Gasteiger partial charge in [-0.3, -0.25) is 0 Å². The molecular formula is C16H16F2INO. The topological polar surface area (TPSA) is 21.3 Å². The minimum atomic E-state index is -2.81. The molecule has 0 amide bonds. The van der Waals surface area contributed by atoms with Crippen molar-refractivity contribution in [1.82, 2.24) is 5.32 Å². The largest absolute Gasteiger partial charge is 0.434 e. The Morgan fingerprint density at radius 2 is 1.76 bits per heavy atom. The molecule has 21 heavy (non-hydrogen) atoms. The van der Waals surface area contributed by atoms with E-state index >= 15 is 0 Å². The number of hydrogen-bond acceptors (Lipinski definition) is 2. The standard InChI is InChI=1S/C16H16F2INO/c1-11(12-6-8-14(19)9-7-12)20-10-13-4-2-3-5-15(13)21-16(17)18/h2-9,11,16,20H,10H2,1H3. The molecule has 1 unspecified atom stereocenters. The zero-order valence-electron chi connectivity index (χ0n) is 11.5. The number of ether oxygens (including phenoxy) is 1. The van der Waals surface area contributed by atoms with Crippen molar-refractivity contribution in [3.8, 4) is 5.75 Å². The third-order valence-electron chi connectivity index (χ3n) is 3.16. The molecule has 0 aromatic heterocycles. The van der Waals surface area contributed by atoms with E-state index in [1.54, 1.807) is 18.2 Å². The lowest BCUT2D eigenvalue weighted by atomic mass is 10.1. The van der Waals surface area contributed by atoms with E-state index in [9.17, 15) is 8.78 Å². The molecule has 2 rings (SSSR count). The number of benzene rings is 2. The molecule has 1 atom stereocenters. The van der Waals surface area contributed by atoms with Gasteiger partial charge in [0.25, 0.3) is 0 Å². The van der Waals surface area contributed by atoms with Crippen molar-refractivity contribution in [2.75, 3.05) is 0 Å². The molecule has 0 saturated heterocycles. The Kier molecular flexibility index (Phi) is 5.93. The Labute approximate surface area is 136 Å². The Balaban J connectivity index is 2.01. The zero-order valence-corrected chi connectivity index (χ0v) is 13.7. The van der Waals surface area contributed by atoms with Crippen LogP contribution in [-0.4, -0.2) is 6.61 Å². The minimum absolute atomic E-state index is 0.126. The second-order valence-electron chi connectivity index (χ2n) is 4.64. The summed E-state index contributed by atoms with van der Waals surface area (Å²) in [6.07, 6.45) is 0. The van der Waals surface area contributed by atoms with Crippen LogP contribution in [0, 0.1) is 3.57 Å². The monoisotopic (exact) mass is 403 g/mol. The number of alkyl halides is 2. The van der Waals surface area contributed by atoms with E-state index in [0.717, 1.165) is 11.1 Å². The van der Waals surface area contributed by atoms with Crippen LogP contribution in [0.5, 0.6) is 5.75 Å². The fraction of sp³-hybridized carbons (Fsp3) is 0.250. The number of rotatable bonds is 6. The van der Waals surface area contributed by atoms with Gasteiger partial charge in [-0.25, -0.2) is 0 Å². The van der Waals surface area contributed by atoms with E-state index in [1.807, 2.05) is 25.1 Å². The molecule has 0 spiro atoms. The Hall–Kier alpha value is -1.21. The summed E-state index contributed by atoms with van der Waals surface area (Å²) < 4.78 is 30.4. The van der Waals surface area contributed by atoms with Gasteiger partial charge in [-0.2, -0.15) is 8.78 Å². The molecule has 0 fully saturated rings. The minimum Gasteiger partial charge on any atom is -0.434 e. The van der Waals surface area contributed by atoms with Crippen LogP contribution in [0.3, 0.4) is 0 Å². The molecule has 0 bridgehead atoms. The van der Waals surface area contributed by atoms with Gasteiger partial charge >= 0.3 is 6.61 Å². The molecule has 5 heteroatoms. The van der Waals surface area contributed by atoms with Crippen LogP contribution in [0.15, 0.2) is 48.5 Å². The Morgan fingerprint density at radius 3 is 2.43 bits per heavy atom. The fourth-order valence-electron chi connectivity index (χ4n) is 1.99. The van der Waals surface area contributed by atoms with E-state index in [4.69, 9.17) is 0 Å². The summed E-state index contributed by atoms with van der Waals surface area (Å²) in [7, 11) is 0. The summed E-state index contributed by atoms with van der Waals surface area (Å²) in [4.78, 5) is 0. The lowest BCUT2D eigenvalue weighted by molar-refractivity contribution is -0.0505. The van der Waals surface area contributed by atoms with Gasteiger partial charge in [0, 0.05) is 21.7 Å². The zero-order chi connectivity index (χ0) is 15.2. The van der Waals surface area contributed by atoms with Crippen molar-refractivity contribution >= 4 is 22.6 Å². The van der Waals surface area contributed by atoms with Crippen LogP contribution in [0.2, 0.25) is 0 Å². The normalized spacial score (nSPS) is 12.4.